The number of sulfonamides is 1. The Morgan fingerprint density at radius 1 is 1.03 bits per heavy atom. The summed E-state index contributed by atoms with van der Waals surface area (Å²) in [5, 5.41) is 3.02. The van der Waals surface area contributed by atoms with E-state index < -0.39 is 10.0 Å². The van der Waals surface area contributed by atoms with E-state index in [-0.39, 0.29) is 21.4 Å². The summed E-state index contributed by atoms with van der Waals surface area (Å²) in [7, 11) is -3.73. The summed E-state index contributed by atoms with van der Waals surface area (Å²) >= 11 is 6.21. The van der Waals surface area contributed by atoms with Crippen LogP contribution in [0.3, 0.4) is 0 Å². The number of benzene rings is 2. The smallest absolute Gasteiger partial charge is 0.252 e. The predicted molar refractivity (Wildman–Crippen MR) is 132 cm³/mol. The molecule has 1 aliphatic rings. The second-order valence-corrected chi connectivity index (χ2v) is 10.3. The van der Waals surface area contributed by atoms with Crippen LogP contribution < -0.4 is 10.2 Å². The number of halogens is 1. The molecular formula is C24H32ClN3O4S. The molecule has 1 aliphatic heterocycles. The molecule has 0 aromatic heterocycles. The number of ether oxygens (including phenoxy) is 1. The van der Waals surface area contributed by atoms with E-state index in [0.29, 0.717) is 45.8 Å². The molecule has 0 radical (unpaired) electrons. The van der Waals surface area contributed by atoms with Crippen molar-refractivity contribution in [3.63, 3.8) is 0 Å². The summed E-state index contributed by atoms with van der Waals surface area (Å²) in [6.45, 7) is 5.77. The number of unbranched alkanes of at least 4 members (excludes halogenated alkanes) is 1. The number of piperazine rings is 1. The molecule has 33 heavy (non-hydrogen) atoms. The van der Waals surface area contributed by atoms with Crippen LogP contribution in [-0.2, 0) is 14.8 Å². The van der Waals surface area contributed by atoms with Crippen molar-refractivity contribution in [1.29, 1.82) is 0 Å². The molecule has 1 fully saturated rings. The van der Waals surface area contributed by atoms with Gasteiger partial charge in [-0.25, -0.2) is 8.42 Å². The first-order valence-corrected chi connectivity index (χ1v) is 13.2. The highest BCUT2D eigenvalue weighted by Gasteiger charge is 2.29. The molecule has 7 nitrogen and oxygen atoms in total. The third kappa shape index (κ3) is 6.93. The number of hydrogen-bond donors (Lipinski definition) is 1. The Kier molecular flexibility index (Phi) is 9.55. The molecule has 0 atom stereocenters. The number of para-hydroxylation sites is 1. The molecular weight excluding hydrogens is 462 g/mol. The van der Waals surface area contributed by atoms with Crippen molar-refractivity contribution in [1.82, 2.24) is 9.62 Å². The lowest BCUT2D eigenvalue weighted by Crippen LogP contribution is -2.48. The molecule has 0 bridgehead atoms. The van der Waals surface area contributed by atoms with Gasteiger partial charge in [-0.15, -0.1) is 0 Å². The maximum Gasteiger partial charge on any atom is 0.252 e. The zero-order valence-electron chi connectivity index (χ0n) is 19.0. The van der Waals surface area contributed by atoms with Gasteiger partial charge in [0, 0.05) is 51.6 Å². The Morgan fingerprint density at radius 2 is 1.73 bits per heavy atom. The highest BCUT2D eigenvalue weighted by atomic mass is 35.5. The molecule has 0 spiro atoms. The van der Waals surface area contributed by atoms with E-state index in [9.17, 15) is 13.2 Å². The summed E-state index contributed by atoms with van der Waals surface area (Å²) in [5.74, 6) is -0.389. The number of hydrogen-bond acceptors (Lipinski definition) is 5. The Hall–Kier alpha value is -2.13. The van der Waals surface area contributed by atoms with Crippen molar-refractivity contribution in [2.24, 2.45) is 0 Å². The largest absolute Gasteiger partial charge is 0.381 e. The fourth-order valence-electron chi connectivity index (χ4n) is 3.63. The molecule has 1 N–H and O–H groups in total. The Labute approximate surface area is 201 Å². The number of anilines is 1. The lowest BCUT2D eigenvalue weighted by molar-refractivity contribution is 0.0940. The maximum atomic E-state index is 13.2. The first kappa shape index (κ1) is 25.5. The molecule has 1 saturated heterocycles. The van der Waals surface area contributed by atoms with E-state index in [1.54, 1.807) is 0 Å². The molecule has 1 heterocycles. The SMILES string of the molecule is CCCCOCCCNC(=O)c1cc(S(=O)(=O)N2CCN(c3ccccc3)CC2)ccc1Cl. The first-order valence-electron chi connectivity index (χ1n) is 11.4. The number of nitrogens with zero attached hydrogens (tertiary/aromatic N) is 2. The lowest BCUT2D eigenvalue weighted by atomic mass is 10.2. The minimum absolute atomic E-state index is 0.0770. The normalized spacial score (nSPS) is 14.9. The van der Waals surface area contributed by atoms with Crippen LogP contribution in [0.5, 0.6) is 0 Å². The van der Waals surface area contributed by atoms with Crippen molar-refractivity contribution in [2.45, 2.75) is 31.1 Å². The van der Waals surface area contributed by atoms with Crippen LogP contribution in [-0.4, -0.2) is 64.6 Å². The molecule has 1 amide bonds. The fraction of sp³-hybridized carbons (Fsp3) is 0.458. The minimum atomic E-state index is -3.73. The number of amides is 1. The van der Waals surface area contributed by atoms with Gasteiger partial charge in [-0.05, 0) is 43.2 Å². The minimum Gasteiger partial charge on any atom is -0.381 e. The van der Waals surface area contributed by atoms with E-state index in [0.717, 1.165) is 25.1 Å². The Balaban J connectivity index is 1.59. The monoisotopic (exact) mass is 493 g/mol. The van der Waals surface area contributed by atoms with Gasteiger partial charge < -0.3 is 15.0 Å². The predicted octanol–water partition coefficient (Wildman–Crippen LogP) is 3.79. The first-order chi connectivity index (χ1) is 15.9. The second-order valence-electron chi connectivity index (χ2n) is 7.94. The topological polar surface area (TPSA) is 78.9 Å². The van der Waals surface area contributed by atoms with Gasteiger partial charge in [-0.1, -0.05) is 43.1 Å². The standard InChI is InChI=1S/C24H32ClN3O4S/c1-2-3-17-32-18-7-12-26-24(29)22-19-21(10-11-23(22)25)33(30,31)28-15-13-27(14-16-28)20-8-5-4-6-9-20/h4-6,8-11,19H,2-3,7,12-18H2,1H3,(H,26,29). The van der Waals surface area contributed by atoms with Crippen molar-refractivity contribution in [3.8, 4) is 0 Å². The van der Waals surface area contributed by atoms with Gasteiger partial charge >= 0.3 is 0 Å². The van der Waals surface area contributed by atoms with E-state index in [1.807, 2.05) is 30.3 Å². The maximum absolute atomic E-state index is 13.2. The van der Waals surface area contributed by atoms with Crippen molar-refractivity contribution in [3.05, 3.63) is 59.1 Å². The highest BCUT2D eigenvalue weighted by molar-refractivity contribution is 7.89. The fourth-order valence-corrected chi connectivity index (χ4v) is 5.29. The molecule has 2 aromatic carbocycles. The summed E-state index contributed by atoms with van der Waals surface area (Å²) < 4.78 is 33.4. The van der Waals surface area contributed by atoms with Crippen LogP contribution in [0.15, 0.2) is 53.4 Å². The second kappa shape index (κ2) is 12.4. The van der Waals surface area contributed by atoms with Crippen LogP contribution >= 0.6 is 11.6 Å². The van der Waals surface area contributed by atoms with Gasteiger partial charge in [0.1, 0.15) is 0 Å². The van der Waals surface area contributed by atoms with Gasteiger partial charge in [0.05, 0.1) is 15.5 Å². The van der Waals surface area contributed by atoms with Gasteiger partial charge in [0.25, 0.3) is 5.91 Å². The number of carbonyl (C=O) groups is 1. The van der Waals surface area contributed by atoms with Crippen LogP contribution in [0, 0.1) is 0 Å². The van der Waals surface area contributed by atoms with Crippen LogP contribution in [0.25, 0.3) is 0 Å². The molecule has 0 unspecified atom stereocenters. The third-order valence-electron chi connectivity index (χ3n) is 5.57. The van der Waals surface area contributed by atoms with Crippen LogP contribution in [0.4, 0.5) is 5.69 Å². The molecule has 3 rings (SSSR count). The van der Waals surface area contributed by atoms with E-state index in [4.69, 9.17) is 16.3 Å². The average molecular weight is 494 g/mol. The zero-order chi connectivity index (χ0) is 23.7. The van der Waals surface area contributed by atoms with Crippen molar-refractivity contribution >= 4 is 33.2 Å². The van der Waals surface area contributed by atoms with Gasteiger partial charge in [0.15, 0.2) is 0 Å². The summed E-state index contributed by atoms with van der Waals surface area (Å²) in [6, 6.07) is 14.2. The third-order valence-corrected chi connectivity index (χ3v) is 7.80. The Morgan fingerprint density at radius 3 is 2.42 bits per heavy atom. The number of rotatable bonds is 11. The van der Waals surface area contributed by atoms with E-state index >= 15 is 0 Å². The van der Waals surface area contributed by atoms with Crippen LogP contribution in [0.1, 0.15) is 36.5 Å². The molecule has 9 heteroatoms. The molecule has 0 aliphatic carbocycles. The van der Waals surface area contributed by atoms with Gasteiger partial charge in [0.2, 0.25) is 10.0 Å². The van der Waals surface area contributed by atoms with E-state index in [2.05, 4.69) is 17.1 Å². The molecule has 2 aromatic rings. The van der Waals surface area contributed by atoms with Crippen molar-refractivity contribution < 1.29 is 17.9 Å². The highest BCUT2D eigenvalue weighted by Crippen LogP contribution is 2.25. The number of nitrogens with one attached hydrogen (secondary N) is 1. The summed E-state index contributed by atoms with van der Waals surface area (Å²) in [5.41, 5.74) is 1.24. The molecule has 180 valence electrons. The van der Waals surface area contributed by atoms with Crippen molar-refractivity contribution in [2.75, 3.05) is 50.8 Å². The average Bonchev–Trinajstić information content (AvgIpc) is 2.84. The molecule has 0 saturated carbocycles. The number of carbonyl (C=O) groups excluding carboxylic acids is 1. The van der Waals surface area contributed by atoms with Crippen LogP contribution in [0.2, 0.25) is 5.02 Å². The van der Waals surface area contributed by atoms with E-state index in [1.165, 1.54) is 22.5 Å². The quantitative estimate of drug-likeness (QED) is 0.482. The van der Waals surface area contributed by atoms with Gasteiger partial charge in [-0.2, -0.15) is 4.31 Å². The van der Waals surface area contributed by atoms with Gasteiger partial charge in [-0.3, -0.25) is 4.79 Å². The summed E-state index contributed by atoms with van der Waals surface area (Å²) in [6.07, 6.45) is 2.78. The zero-order valence-corrected chi connectivity index (χ0v) is 20.6. The lowest BCUT2D eigenvalue weighted by Gasteiger charge is -2.35. The summed E-state index contributed by atoms with van der Waals surface area (Å²) in [4.78, 5) is 14.8. The Bertz CT molecular complexity index is 1010.